The van der Waals surface area contributed by atoms with E-state index in [0.717, 1.165) is 28.2 Å². The van der Waals surface area contributed by atoms with Crippen LogP contribution in [0.5, 0.6) is 0 Å². The first-order valence-corrected chi connectivity index (χ1v) is 16.9. The van der Waals surface area contributed by atoms with Gasteiger partial charge in [-0.25, -0.2) is 0 Å². The average Bonchev–Trinajstić information content (AvgIpc) is 3.45. The second-order valence-corrected chi connectivity index (χ2v) is 12.6. The van der Waals surface area contributed by atoms with Gasteiger partial charge in [0.25, 0.3) is 0 Å². The summed E-state index contributed by atoms with van der Waals surface area (Å²) in [5.41, 5.74) is 15.8. The molecule has 1 aromatic heterocycles. The molecule has 50 heavy (non-hydrogen) atoms. The maximum atomic E-state index is 9.22. The number of benzene rings is 7. The number of para-hydroxylation sites is 1. The molecule has 0 aliphatic carbocycles. The van der Waals surface area contributed by atoms with E-state index in [1.165, 1.54) is 50.1 Å². The first-order valence-electron chi connectivity index (χ1n) is 16.9. The minimum atomic E-state index is 0.662. The van der Waals surface area contributed by atoms with E-state index >= 15 is 0 Å². The van der Waals surface area contributed by atoms with Crippen molar-refractivity contribution in [2.75, 3.05) is 4.90 Å². The normalized spacial score (nSPS) is 11.0. The smallest absolute Gasteiger partial charge is 0.0991 e. The van der Waals surface area contributed by atoms with Crippen LogP contribution in [0.4, 0.5) is 17.1 Å². The van der Waals surface area contributed by atoms with Gasteiger partial charge in [-0.2, -0.15) is 5.26 Å². The predicted molar refractivity (Wildman–Crippen MR) is 208 cm³/mol. The zero-order valence-electron chi connectivity index (χ0n) is 28.1. The second-order valence-electron chi connectivity index (χ2n) is 12.6. The van der Waals surface area contributed by atoms with E-state index in [1.54, 1.807) is 0 Å². The fourth-order valence-corrected chi connectivity index (χ4v) is 6.89. The number of nitriles is 1. The van der Waals surface area contributed by atoms with Crippen LogP contribution in [0, 0.1) is 25.2 Å². The summed E-state index contributed by atoms with van der Waals surface area (Å²) >= 11 is 0. The van der Waals surface area contributed by atoms with Crippen molar-refractivity contribution in [1.29, 1.82) is 5.26 Å². The lowest BCUT2D eigenvalue weighted by atomic mass is 10.0. The zero-order valence-corrected chi connectivity index (χ0v) is 28.1. The Morgan fingerprint density at radius 3 is 1.32 bits per heavy atom. The van der Waals surface area contributed by atoms with Gasteiger partial charge in [0, 0.05) is 33.8 Å². The molecule has 7 aromatic carbocycles. The Bertz CT molecular complexity index is 2450. The molecule has 1 heterocycles. The molecule has 0 bridgehead atoms. The Kier molecular flexibility index (Phi) is 8.05. The molecule has 0 saturated heterocycles. The number of hydrogen-bond acceptors (Lipinski definition) is 2. The van der Waals surface area contributed by atoms with Crippen LogP contribution in [0.1, 0.15) is 16.8 Å². The topological polar surface area (TPSA) is 32.0 Å². The van der Waals surface area contributed by atoms with Crippen molar-refractivity contribution in [3.63, 3.8) is 0 Å². The van der Waals surface area contributed by atoms with Crippen molar-refractivity contribution in [1.82, 2.24) is 4.57 Å². The molecule has 8 aromatic rings. The van der Waals surface area contributed by atoms with Gasteiger partial charge in [-0.3, -0.25) is 0 Å². The van der Waals surface area contributed by atoms with Crippen LogP contribution in [0.3, 0.4) is 0 Å². The van der Waals surface area contributed by atoms with E-state index in [4.69, 9.17) is 0 Å². The number of hydrogen-bond donors (Lipinski definition) is 0. The van der Waals surface area contributed by atoms with Crippen LogP contribution in [-0.4, -0.2) is 4.57 Å². The van der Waals surface area contributed by atoms with Gasteiger partial charge >= 0.3 is 0 Å². The highest BCUT2D eigenvalue weighted by Crippen LogP contribution is 2.38. The van der Waals surface area contributed by atoms with Crippen LogP contribution in [0.2, 0.25) is 0 Å². The van der Waals surface area contributed by atoms with Gasteiger partial charge in [0.15, 0.2) is 0 Å². The third-order valence-electron chi connectivity index (χ3n) is 9.72. The fourth-order valence-electron chi connectivity index (χ4n) is 6.89. The molecule has 3 nitrogen and oxygen atoms in total. The summed E-state index contributed by atoms with van der Waals surface area (Å²) in [5.74, 6) is 0. The standard InChI is InChI=1S/C47H35N3/c1-33-34(2)49(47-11-7-6-10-46(33)47)42-24-16-40(17-25-42)41-22-30-45(31-23-41)50(43-26-18-38(19-27-43)36-8-4-3-5-9-36)44-28-20-39(21-29-44)37-14-12-35(32-48)13-15-37/h3-31H,1-2H3. The SMILES string of the molecule is Cc1c(C)n(-c2ccc(-c3ccc(N(c4ccc(-c5ccccc5)cc4)c4ccc(-c5ccc(C#N)cc5)cc4)cc3)cc2)c2ccccc12. The Balaban J connectivity index is 1.12. The highest BCUT2D eigenvalue weighted by atomic mass is 15.1. The molecule has 0 aliphatic rings. The lowest BCUT2D eigenvalue weighted by Gasteiger charge is -2.26. The Labute approximate surface area is 293 Å². The Hall–Kier alpha value is -6.63. The summed E-state index contributed by atoms with van der Waals surface area (Å²) in [5, 5.41) is 10.5. The van der Waals surface area contributed by atoms with Crippen LogP contribution in [0.25, 0.3) is 50.0 Å². The average molecular weight is 642 g/mol. The molecule has 238 valence electrons. The number of nitrogens with zero attached hydrogens (tertiary/aromatic N) is 3. The van der Waals surface area contributed by atoms with E-state index in [1.807, 2.05) is 30.3 Å². The third-order valence-corrected chi connectivity index (χ3v) is 9.72. The van der Waals surface area contributed by atoms with E-state index in [-0.39, 0.29) is 0 Å². The number of aromatic nitrogens is 1. The fraction of sp³-hybridized carbons (Fsp3) is 0.0426. The monoisotopic (exact) mass is 641 g/mol. The van der Waals surface area contributed by atoms with Gasteiger partial charge < -0.3 is 9.47 Å². The molecule has 0 fully saturated rings. The van der Waals surface area contributed by atoms with Gasteiger partial charge in [-0.1, -0.05) is 109 Å². The van der Waals surface area contributed by atoms with Gasteiger partial charge in [-0.15, -0.1) is 0 Å². The molecular weight excluding hydrogens is 607 g/mol. The third kappa shape index (κ3) is 5.74. The van der Waals surface area contributed by atoms with Crippen LogP contribution >= 0.6 is 0 Å². The van der Waals surface area contributed by atoms with Crippen molar-refractivity contribution in [2.45, 2.75) is 13.8 Å². The summed E-state index contributed by atoms with van der Waals surface area (Å²) in [7, 11) is 0. The van der Waals surface area contributed by atoms with Gasteiger partial charge in [0.05, 0.1) is 17.1 Å². The van der Waals surface area contributed by atoms with E-state index in [0.29, 0.717) is 5.56 Å². The molecular formula is C47H35N3. The first-order chi connectivity index (χ1) is 24.6. The van der Waals surface area contributed by atoms with Crippen molar-refractivity contribution in [2.24, 2.45) is 0 Å². The Morgan fingerprint density at radius 1 is 0.440 bits per heavy atom. The minimum absolute atomic E-state index is 0.662. The largest absolute Gasteiger partial charge is 0.314 e. The van der Waals surface area contributed by atoms with Gasteiger partial charge in [-0.05, 0) is 120 Å². The van der Waals surface area contributed by atoms with E-state index < -0.39 is 0 Å². The number of aryl methyl sites for hydroxylation is 1. The zero-order chi connectivity index (χ0) is 34.0. The highest BCUT2D eigenvalue weighted by molar-refractivity contribution is 5.87. The molecule has 0 saturated carbocycles. The first kappa shape index (κ1) is 30.7. The summed E-state index contributed by atoms with van der Waals surface area (Å²) < 4.78 is 2.35. The van der Waals surface area contributed by atoms with E-state index in [2.05, 4.69) is 175 Å². The van der Waals surface area contributed by atoms with Crippen molar-refractivity contribution >= 4 is 28.0 Å². The number of fused-ring (bicyclic) bond motifs is 1. The lowest BCUT2D eigenvalue weighted by Crippen LogP contribution is -2.09. The van der Waals surface area contributed by atoms with Gasteiger partial charge in [0.1, 0.15) is 0 Å². The van der Waals surface area contributed by atoms with Crippen molar-refractivity contribution in [3.05, 3.63) is 193 Å². The quantitative estimate of drug-likeness (QED) is 0.173. The summed E-state index contributed by atoms with van der Waals surface area (Å²) in [4.78, 5) is 2.30. The summed E-state index contributed by atoms with van der Waals surface area (Å²) in [6.45, 7) is 4.40. The molecule has 0 spiro atoms. The van der Waals surface area contributed by atoms with Crippen molar-refractivity contribution in [3.8, 4) is 45.1 Å². The molecule has 0 N–H and O–H groups in total. The lowest BCUT2D eigenvalue weighted by molar-refractivity contribution is 1.04. The Morgan fingerprint density at radius 2 is 0.840 bits per heavy atom. The second kappa shape index (κ2) is 13.1. The van der Waals surface area contributed by atoms with Crippen LogP contribution < -0.4 is 4.90 Å². The van der Waals surface area contributed by atoms with Crippen LogP contribution in [-0.2, 0) is 0 Å². The molecule has 3 heteroatoms. The molecule has 0 aliphatic heterocycles. The van der Waals surface area contributed by atoms with Crippen LogP contribution in [0.15, 0.2) is 176 Å². The maximum Gasteiger partial charge on any atom is 0.0991 e. The molecule has 8 rings (SSSR count). The maximum absolute atomic E-state index is 9.22. The predicted octanol–water partition coefficient (Wildman–Crippen LogP) is 12.6. The number of rotatable bonds is 7. The molecule has 0 amide bonds. The van der Waals surface area contributed by atoms with E-state index in [9.17, 15) is 5.26 Å². The van der Waals surface area contributed by atoms with Crippen molar-refractivity contribution < 1.29 is 0 Å². The summed E-state index contributed by atoms with van der Waals surface area (Å²) in [6.07, 6.45) is 0. The van der Waals surface area contributed by atoms with Gasteiger partial charge in [0.2, 0.25) is 0 Å². The molecule has 0 radical (unpaired) electrons. The number of anilines is 3. The summed E-state index contributed by atoms with van der Waals surface area (Å²) in [6, 6.07) is 64.1. The minimum Gasteiger partial charge on any atom is -0.314 e. The highest BCUT2D eigenvalue weighted by Gasteiger charge is 2.15. The molecule has 0 atom stereocenters. The molecule has 0 unspecified atom stereocenters.